The zero-order valence-electron chi connectivity index (χ0n) is 22.9. The number of sulfonamides is 1. The summed E-state index contributed by atoms with van der Waals surface area (Å²) in [5.74, 6) is -2.08. The molecule has 1 aliphatic rings. The highest BCUT2D eigenvalue weighted by Crippen LogP contribution is 2.34. The lowest BCUT2D eigenvalue weighted by molar-refractivity contribution is -0.137. The van der Waals surface area contributed by atoms with E-state index in [0.717, 1.165) is 35.7 Å². The van der Waals surface area contributed by atoms with Crippen LogP contribution in [0.1, 0.15) is 35.1 Å². The number of rotatable bonds is 8. The number of hydrogen-bond acceptors (Lipinski definition) is 5. The van der Waals surface area contributed by atoms with Gasteiger partial charge in [0.25, 0.3) is 0 Å². The molecule has 0 spiro atoms. The van der Waals surface area contributed by atoms with Gasteiger partial charge in [-0.15, -0.1) is 0 Å². The summed E-state index contributed by atoms with van der Waals surface area (Å²) in [6, 6.07) is 15.3. The van der Waals surface area contributed by atoms with Gasteiger partial charge in [0.05, 0.1) is 23.4 Å². The second-order valence-corrected chi connectivity index (χ2v) is 12.0. The minimum atomic E-state index is -4.52. The van der Waals surface area contributed by atoms with E-state index in [0.29, 0.717) is 43.0 Å². The lowest BCUT2D eigenvalue weighted by atomic mass is 9.99. The highest BCUT2D eigenvalue weighted by molar-refractivity contribution is 7.92. The van der Waals surface area contributed by atoms with Gasteiger partial charge in [0.15, 0.2) is 0 Å². The molecule has 1 unspecified atom stereocenters. The second-order valence-electron chi connectivity index (χ2n) is 10.2. The summed E-state index contributed by atoms with van der Waals surface area (Å²) in [5.41, 5.74) is 2.44. The molecule has 0 radical (unpaired) electrons. The SMILES string of the molecule is Cc1ccc(N2CCN(c3cc(C(F)(F)F)ccc3CNC(=O)C(C)c3ccc(NS(C)(=O)=O)c(F)c3)CC2)cc1. The van der Waals surface area contributed by atoms with E-state index in [1.165, 1.54) is 18.2 Å². The fraction of sp³-hybridized carbons (Fsp3) is 0.345. The molecule has 3 aromatic rings. The van der Waals surface area contributed by atoms with Gasteiger partial charge in [0, 0.05) is 44.1 Å². The highest BCUT2D eigenvalue weighted by Gasteiger charge is 2.32. The van der Waals surface area contributed by atoms with E-state index in [1.54, 1.807) is 6.92 Å². The van der Waals surface area contributed by atoms with Gasteiger partial charge in [-0.25, -0.2) is 12.8 Å². The Morgan fingerprint density at radius 1 is 0.951 bits per heavy atom. The minimum Gasteiger partial charge on any atom is -0.368 e. The second kappa shape index (κ2) is 12.0. The number of nitrogens with zero attached hydrogens (tertiary/aromatic N) is 2. The number of alkyl halides is 3. The van der Waals surface area contributed by atoms with Crippen LogP contribution in [0.4, 0.5) is 34.6 Å². The van der Waals surface area contributed by atoms with E-state index in [4.69, 9.17) is 0 Å². The van der Waals surface area contributed by atoms with E-state index >= 15 is 0 Å². The van der Waals surface area contributed by atoms with Gasteiger partial charge in [-0.05, 0) is 61.4 Å². The zero-order chi connectivity index (χ0) is 29.9. The molecule has 0 aliphatic carbocycles. The lowest BCUT2D eigenvalue weighted by Gasteiger charge is -2.38. The monoisotopic (exact) mass is 592 g/mol. The molecule has 12 heteroatoms. The van der Waals surface area contributed by atoms with Crippen LogP contribution in [0.25, 0.3) is 0 Å². The summed E-state index contributed by atoms with van der Waals surface area (Å²) in [4.78, 5) is 17.0. The van der Waals surface area contributed by atoms with Crippen molar-refractivity contribution in [2.45, 2.75) is 32.5 Å². The normalized spacial score (nSPS) is 15.0. The van der Waals surface area contributed by atoms with Crippen LogP contribution < -0.4 is 19.8 Å². The third-order valence-electron chi connectivity index (χ3n) is 7.07. The number of anilines is 3. The van der Waals surface area contributed by atoms with E-state index in [2.05, 4.69) is 14.9 Å². The number of amides is 1. The molecule has 41 heavy (non-hydrogen) atoms. The van der Waals surface area contributed by atoms with Crippen LogP contribution in [0.15, 0.2) is 60.7 Å². The van der Waals surface area contributed by atoms with Crippen LogP contribution >= 0.6 is 0 Å². The number of carbonyl (C=O) groups is 1. The van der Waals surface area contributed by atoms with Crippen LogP contribution in [-0.4, -0.2) is 46.8 Å². The van der Waals surface area contributed by atoms with Gasteiger partial charge in [0.2, 0.25) is 15.9 Å². The maximum absolute atomic E-state index is 14.4. The molecular formula is C29H32F4N4O3S. The predicted molar refractivity (Wildman–Crippen MR) is 152 cm³/mol. The predicted octanol–water partition coefficient (Wildman–Crippen LogP) is 5.27. The van der Waals surface area contributed by atoms with Crippen molar-refractivity contribution in [3.05, 3.63) is 88.7 Å². The Kier molecular flexibility index (Phi) is 8.81. The fourth-order valence-corrected chi connectivity index (χ4v) is 5.28. The molecule has 0 bridgehead atoms. The van der Waals surface area contributed by atoms with Crippen LogP contribution in [0, 0.1) is 12.7 Å². The summed E-state index contributed by atoms with van der Waals surface area (Å²) in [6.07, 6.45) is -3.62. The van der Waals surface area contributed by atoms with Crippen molar-refractivity contribution < 1.29 is 30.8 Å². The van der Waals surface area contributed by atoms with Gasteiger partial charge < -0.3 is 15.1 Å². The van der Waals surface area contributed by atoms with Gasteiger partial charge in [-0.3, -0.25) is 9.52 Å². The maximum Gasteiger partial charge on any atom is 0.416 e. The Bertz CT molecular complexity index is 1500. The summed E-state index contributed by atoms with van der Waals surface area (Å²) in [5, 5.41) is 2.76. The number of nitrogens with one attached hydrogen (secondary N) is 2. The average Bonchev–Trinajstić information content (AvgIpc) is 2.91. The molecule has 4 rings (SSSR count). The van der Waals surface area contributed by atoms with Gasteiger partial charge in [-0.2, -0.15) is 13.2 Å². The Labute approximate surface area is 237 Å². The molecular weight excluding hydrogens is 560 g/mol. The van der Waals surface area contributed by atoms with Crippen LogP contribution in [-0.2, 0) is 27.5 Å². The van der Waals surface area contributed by atoms with Crippen molar-refractivity contribution in [1.29, 1.82) is 0 Å². The quantitative estimate of drug-likeness (QED) is 0.349. The molecule has 220 valence electrons. The van der Waals surface area contributed by atoms with Gasteiger partial charge in [-0.1, -0.05) is 29.8 Å². The Hall–Kier alpha value is -3.80. The maximum atomic E-state index is 14.4. The largest absolute Gasteiger partial charge is 0.416 e. The van der Waals surface area contributed by atoms with Crippen molar-refractivity contribution in [3.8, 4) is 0 Å². The summed E-state index contributed by atoms with van der Waals surface area (Å²) >= 11 is 0. The van der Waals surface area contributed by atoms with Crippen LogP contribution in [0.2, 0.25) is 0 Å². The van der Waals surface area contributed by atoms with E-state index in [1.807, 2.05) is 36.1 Å². The first-order valence-corrected chi connectivity index (χ1v) is 14.9. The first-order valence-electron chi connectivity index (χ1n) is 13.0. The Morgan fingerprint density at radius 2 is 1.59 bits per heavy atom. The smallest absolute Gasteiger partial charge is 0.368 e. The number of benzene rings is 3. The molecule has 3 aromatic carbocycles. The van der Waals surface area contributed by atoms with E-state index in [-0.39, 0.29) is 12.2 Å². The lowest BCUT2D eigenvalue weighted by Crippen LogP contribution is -2.47. The molecule has 1 aliphatic heterocycles. The number of piperazine rings is 1. The van der Waals surface area contributed by atoms with Crippen molar-refractivity contribution in [2.75, 3.05) is 47.0 Å². The summed E-state index contributed by atoms with van der Waals surface area (Å²) < 4.78 is 80.0. The van der Waals surface area contributed by atoms with Crippen LogP contribution in [0.3, 0.4) is 0 Å². The Morgan fingerprint density at radius 3 is 2.17 bits per heavy atom. The van der Waals surface area contributed by atoms with Gasteiger partial charge >= 0.3 is 6.18 Å². The molecule has 0 aromatic heterocycles. The molecule has 1 fully saturated rings. The average molecular weight is 593 g/mol. The molecule has 2 N–H and O–H groups in total. The molecule has 0 saturated carbocycles. The zero-order valence-corrected chi connectivity index (χ0v) is 23.7. The molecule has 7 nitrogen and oxygen atoms in total. The topological polar surface area (TPSA) is 81.8 Å². The van der Waals surface area contributed by atoms with E-state index in [9.17, 15) is 30.8 Å². The first-order chi connectivity index (χ1) is 19.2. The van der Waals surface area contributed by atoms with Gasteiger partial charge in [0.1, 0.15) is 5.82 Å². The van der Waals surface area contributed by atoms with Crippen molar-refractivity contribution in [2.24, 2.45) is 0 Å². The van der Waals surface area contributed by atoms with Crippen molar-refractivity contribution in [3.63, 3.8) is 0 Å². The first kappa shape index (κ1) is 30.2. The Balaban J connectivity index is 1.48. The molecule has 1 atom stereocenters. The molecule has 1 saturated heterocycles. The summed E-state index contributed by atoms with van der Waals surface area (Å²) in [6.45, 7) is 5.79. The van der Waals surface area contributed by atoms with E-state index < -0.39 is 39.4 Å². The fourth-order valence-electron chi connectivity index (χ4n) is 4.72. The number of aryl methyl sites for hydroxylation is 1. The third kappa shape index (κ3) is 7.69. The minimum absolute atomic E-state index is 0.0228. The number of carbonyl (C=O) groups excluding carboxylic acids is 1. The number of halogens is 4. The third-order valence-corrected chi connectivity index (χ3v) is 7.66. The molecule has 1 heterocycles. The van der Waals surface area contributed by atoms with Crippen LogP contribution in [0.5, 0.6) is 0 Å². The molecule has 1 amide bonds. The van der Waals surface area contributed by atoms with Crippen molar-refractivity contribution >= 4 is 33.0 Å². The highest BCUT2D eigenvalue weighted by atomic mass is 32.2. The summed E-state index contributed by atoms with van der Waals surface area (Å²) in [7, 11) is -3.68. The number of hydrogen-bond donors (Lipinski definition) is 2. The standard InChI is InChI=1S/C29H32F4N4O3S/c1-19-4-9-24(10-5-19)36-12-14-37(15-13-36)27-17-23(29(31,32)33)8-6-22(27)18-34-28(38)20(2)21-7-11-26(25(30)16-21)35-41(3,39)40/h4-11,16-17,20,35H,12-15,18H2,1-3H3,(H,34,38). The van der Waals surface area contributed by atoms with Crippen molar-refractivity contribution in [1.82, 2.24) is 5.32 Å².